The summed E-state index contributed by atoms with van der Waals surface area (Å²) in [7, 11) is 1.52. The van der Waals surface area contributed by atoms with Crippen molar-refractivity contribution in [3.05, 3.63) is 71.6 Å². The van der Waals surface area contributed by atoms with E-state index in [-0.39, 0.29) is 30.1 Å². The molecule has 1 aliphatic heterocycles. The highest BCUT2D eigenvalue weighted by atomic mass is 16.5. The molecule has 0 saturated heterocycles. The van der Waals surface area contributed by atoms with E-state index in [0.717, 1.165) is 16.5 Å². The first kappa shape index (κ1) is 30.7. The Kier molecular flexibility index (Phi) is 9.56. The Labute approximate surface area is 256 Å². The molecule has 0 aliphatic carbocycles. The van der Waals surface area contributed by atoms with E-state index in [0.29, 0.717) is 62.0 Å². The lowest BCUT2D eigenvalue weighted by Gasteiger charge is -2.27. The zero-order chi connectivity index (χ0) is 31.2. The molecule has 0 unspecified atom stereocenters. The summed E-state index contributed by atoms with van der Waals surface area (Å²) >= 11 is 0. The van der Waals surface area contributed by atoms with Crippen LogP contribution in [0.2, 0.25) is 0 Å². The van der Waals surface area contributed by atoms with Crippen LogP contribution in [0.3, 0.4) is 0 Å². The van der Waals surface area contributed by atoms with E-state index in [1.165, 1.54) is 13.3 Å². The maximum absolute atomic E-state index is 13.9. The molecule has 5 rings (SSSR count). The number of H-pyrrole nitrogens is 1. The van der Waals surface area contributed by atoms with Gasteiger partial charge in [-0.05, 0) is 43.4 Å². The number of hydrogen-bond acceptors (Lipinski definition) is 7. The van der Waals surface area contributed by atoms with Crippen molar-refractivity contribution in [2.24, 2.45) is 5.92 Å². The van der Waals surface area contributed by atoms with Gasteiger partial charge in [0, 0.05) is 55.3 Å². The van der Waals surface area contributed by atoms with E-state index >= 15 is 0 Å². The molecule has 12 nitrogen and oxygen atoms in total. The number of ether oxygens (including phenoxy) is 1. The second-order valence-electron chi connectivity index (χ2n) is 11.6. The van der Waals surface area contributed by atoms with Crippen LogP contribution >= 0.6 is 0 Å². The third-order valence-electron chi connectivity index (χ3n) is 7.79. The number of fused-ring (bicyclic) bond motifs is 2. The van der Waals surface area contributed by atoms with E-state index in [9.17, 15) is 14.4 Å². The fourth-order valence-electron chi connectivity index (χ4n) is 5.63. The Morgan fingerprint density at radius 2 is 1.89 bits per heavy atom. The van der Waals surface area contributed by atoms with Gasteiger partial charge in [-0.1, -0.05) is 32.0 Å². The first-order chi connectivity index (χ1) is 21.2. The summed E-state index contributed by atoms with van der Waals surface area (Å²) in [4.78, 5) is 54.5. The lowest BCUT2D eigenvalue weighted by molar-refractivity contribution is -0.129. The van der Waals surface area contributed by atoms with Crippen LogP contribution in [0, 0.1) is 12.8 Å². The summed E-state index contributed by atoms with van der Waals surface area (Å²) in [6.45, 7) is 7.04. The summed E-state index contributed by atoms with van der Waals surface area (Å²) in [6, 6.07) is 9.97. The summed E-state index contributed by atoms with van der Waals surface area (Å²) in [6.07, 6.45) is 4.90. The van der Waals surface area contributed by atoms with Crippen molar-refractivity contribution in [1.29, 1.82) is 0 Å². The number of pyridine rings is 1. The monoisotopic (exact) mass is 600 g/mol. The van der Waals surface area contributed by atoms with Gasteiger partial charge in [-0.25, -0.2) is 14.6 Å². The van der Waals surface area contributed by atoms with Crippen molar-refractivity contribution >= 4 is 28.6 Å². The molecule has 1 aliphatic rings. The van der Waals surface area contributed by atoms with Crippen LogP contribution in [0.1, 0.15) is 66.7 Å². The van der Waals surface area contributed by atoms with Crippen molar-refractivity contribution in [2.75, 3.05) is 20.2 Å². The number of methoxy groups -OCH3 is 1. The van der Waals surface area contributed by atoms with Gasteiger partial charge in [0.2, 0.25) is 17.7 Å². The lowest BCUT2D eigenvalue weighted by Crippen LogP contribution is -2.49. The van der Waals surface area contributed by atoms with Crippen molar-refractivity contribution in [1.82, 2.24) is 40.3 Å². The van der Waals surface area contributed by atoms with E-state index in [2.05, 4.69) is 39.5 Å². The van der Waals surface area contributed by atoms with Crippen molar-refractivity contribution < 1.29 is 19.1 Å². The van der Waals surface area contributed by atoms with Crippen LogP contribution in [0.4, 0.5) is 0 Å². The maximum Gasteiger partial charge on any atom is 0.255 e. The quantitative estimate of drug-likeness (QED) is 0.308. The van der Waals surface area contributed by atoms with Crippen LogP contribution in [-0.2, 0) is 22.6 Å². The topological polar surface area (TPSA) is 147 Å². The van der Waals surface area contributed by atoms with Crippen molar-refractivity contribution in [2.45, 2.75) is 65.1 Å². The Hall–Kier alpha value is -4.74. The van der Waals surface area contributed by atoms with E-state index in [1.54, 1.807) is 21.7 Å². The number of amides is 3. The van der Waals surface area contributed by atoms with Crippen LogP contribution < -0.4 is 15.4 Å². The summed E-state index contributed by atoms with van der Waals surface area (Å²) in [5.41, 5.74) is 2.33. The van der Waals surface area contributed by atoms with Gasteiger partial charge in [-0.3, -0.25) is 14.4 Å². The Morgan fingerprint density at radius 3 is 2.64 bits per heavy atom. The zero-order valence-corrected chi connectivity index (χ0v) is 25.7. The highest BCUT2D eigenvalue weighted by Gasteiger charge is 2.29. The summed E-state index contributed by atoms with van der Waals surface area (Å²) < 4.78 is 6.93. The van der Waals surface area contributed by atoms with E-state index in [1.807, 2.05) is 37.4 Å². The molecule has 3 amide bonds. The first-order valence-corrected chi connectivity index (χ1v) is 15.1. The number of aromatic nitrogens is 5. The molecule has 0 radical (unpaired) electrons. The predicted octanol–water partition coefficient (Wildman–Crippen LogP) is 3.34. The van der Waals surface area contributed by atoms with Gasteiger partial charge in [-0.2, -0.15) is 5.10 Å². The lowest BCUT2D eigenvalue weighted by atomic mass is 10.0. The number of aryl methyl sites for hydroxylation is 1. The summed E-state index contributed by atoms with van der Waals surface area (Å²) in [5, 5.41) is 11.8. The average molecular weight is 601 g/mol. The minimum atomic E-state index is -0.806. The number of para-hydroxylation sites is 1. The van der Waals surface area contributed by atoms with Gasteiger partial charge in [0.05, 0.1) is 25.3 Å². The highest BCUT2D eigenvalue weighted by Crippen LogP contribution is 2.23. The number of benzene rings is 1. The molecule has 232 valence electrons. The fourth-order valence-corrected chi connectivity index (χ4v) is 5.63. The summed E-state index contributed by atoms with van der Waals surface area (Å²) in [5.74, 6) is 1.14. The molecule has 3 N–H and O–H groups in total. The number of rotatable bonds is 6. The van der Waals surface area contributed by atoms with Gasteiger partial charge < -0.3 is 25.3 Å². The molecule has 4 aromatic rings. The second kappa shape index (κ2) is 13.7. The minimum Gasteiger partial charge on any atom is -0.481 e. The number of aromatic amines is 1. The number of carbonyl (C=O) groups is 3. The van der Waals surface area contributed by atoms with Gasteiger partial charge in [0.1, 0.15) is 17.7 Å². The smallest absolute Gasteiger partial charge is 0.255 e. The normalized spacial score (nSPS) is 18.4. The third-order valence-corrected chi connectivity index (χ3v) is 7.79. The standard InChI is InChI=1S/C32H40N8O4/c1-20(2)16-26-30-35-21(3)38-40(30)15-14-39(32(43)22-11-12-29(44-4)34-18-22)13-7-10-28(41)36-27(31(42)37-26)17-23-19-33-25-9-6-5-8-24(23)25/h5-6,8-9,11-12,18-20,26-27,33H,7,10,13-17H2,1-4H3,(H,36,41)(H,37,42)/t26-,27+/m0/s1. The van der Waals surface area contributed by atoms with E-state index in [4.69, 9.17) is 9.72 Å². The number of hydrogen-bond donors (Lipinski definition) is 3. The number of nitrogens with zero attached hydrogens (tertiary/aromatic N) is 5. The van der Waals surface area contributed by atoms with Gasteiger partial charge in [-0.15, -0.1) is 0 Å². The SMILES string of the molecule is COc1ccc(C(=O)N2CCCC(=O)N[C@H](Cc3c[nH]c4ccccc34)C(=O)N[C@@H](CC(C)C)c3nc(C)nn3CC2)cn1. The minimum absolute atomic E-state index is 0.158. The maximum atomic E-state index is 13.9. The van der Waals surface area contributed by atoms with Crippen LogP contribution in [-0.4, -0.2) is 73.6 Å². The Bertz CT molecular complexity index is 1610. The second-order valence-corrected chi connectivity index (χ2v) is 11.6. The molecule has 0 spiro atoms. The number of nitrogens with one attached hydrogen (secondary N) is 3. The molecule has 2 atom stereocenters. The molecule has 3 aromatic heterocycles. The molecule has 1 aromatic carbocycles. The fraction of sp³-hybridized carbons (Fsp3) is 0.438. The third kappa shape index (κ3) is 7.24. The molecule has 4 heterocycles. The molecule has 0 fully saturated rings. The molecule has 0 bridgehead atoms. The van der Waals surface area contributed by atoms with Crippen LogP contribution in [0.25, 0.3) is 10.9 Å². The molecule has 44 heavy (non-hydrogen) atoms. The first-order valence-electron chi connectivity index (χ1n) is 15.1. The van der Waals surface area contributed by atoms with Crippen LogP contribution in [0.15, 0.2) is 48.8 Å². The van der Waals surface area contributed by atoms with Gasteiger partial charge in [0.25, 0.3) is 5.91 Å². The van der Waals surface area contributed by atoms with Gasteiger partial charge >= 0.3 is 0 Å². The Balaban J connectivity index is 1.46. The largest absolute Gasteiger partial charge is 0.481 e. The molecule has 0 saturated carbocycles. The highest BCUT2D eigenvalue weighted by molar-refractivity contribution is 5.94. The molecular weight excluding hydrogens is 560 g/mol. The van der Waals surface area contributed by atoms with Crippen LogP contribution in [0.5, 0.6) is 5.88 Å². The molecule has 12 heteroatoms. The molecular formula is C32H40N8O4. The van der Waals surface area contributed by atoms with Gasteiger partial charge in [0.15, 0.2) is 0 Å². The zero-order valence-electron chi connectivity index (χ0n) is 25.7. The predicted molar refractivity (Wildman–Crippen MR) is 165 cm³/mol. The van der Waals surface area contributed by atoms with Crippen molar-refractivity contribution in [3.63, 3.8) is 0 Å². The van der Waals surface area contributed by atoms with E-state index < -0.39 is 12.1 Å². The van der Waals surface area contributed by atoms with Crippen molar-refractivity contribution in [3.8, 4) is 5.88 Å². The number of carbonyl (C=O) groups excluding carboxylic acids is 3. The average Bonchev–Trinajstić information content (AvgIpc) is 3.60. The Morgan fingerprint density at radius 1 is 1.07 bits per heavy atom.